The molecule has 2 saturated carbocycles. The van der Waals surface area contributed by atoms with E-state index >= 15 is 0 Å². The first kappa shape index (κ1) is 34.9. The van der Waals surface area contributed by atoms with Crippen LogP contribution >= 0.6 is 24.8 Å². The number of halogens is 1. The van der Waals surface area contributed by atoms with Gasteiger partial charge in [0, 0.05) is 17.8 Å². The molecule has 4 fully saturated rings. The molecule has 2 aliphatic heterocycles. The van der Waals surface area contributed by atoms with Gasteiger partial charge in [-0.3, -0.25) is 9.59 Å². The second-order valence-corrected chi connectivity index (χ2v) is 13.6. The van der Waals surface area contributed by atoms with Gasteiger partial charge in [-0.1, -0.05) is 38.5 Å². The van der Waals surface area contributed by atoms with Crippen molar-refractivity contribution < 1.29 is 37.8 Å². The Bertz CT molecular complexity index is 1580. The molecule has 2 saturated heterocycles. The number of benzene rings is 2. The molecular formula is C35H41FN4O7S2. The van der Waals surface area contributed by atoms with Gasteiger partial charge in [0.25, 0.3) is 11.8 Å². The molecule has 0 radical (unpaired) electrons. The fraction of sp³-hybridized carbons (Fsp3) is 0.514. The average Bonchev–Trinajstić information content (AvgIpc) is 3.43. The fourth-order valence-electron chi connectivity index (χ4n) is 7.64. The van der Waals surface area contributed by atoms with E-state index in [1.165, 1.54) is 12.1 Å². The van der Waals surface area contributed by atoms with Crippen molar-refractivity contribution in [2.45, 2.75) is 94.1 Å². The molecule has 2 aliphatic carbocycles. The standard InChI is InChI=1S/C35H41FN4O7S2/c1-2-45-32(43)37-28(41)34(18-5-3-6-19-34)40(30(37)48)26-14-16-27(17-15-26)46-22-9-23-47-33(44)38-29(42)35(20-7-4-8-21-35)39(31(38)49)25-12-10-24(36)11-13-25/h10-17,30,48H,2-9,18-23H2,1H3. The van der Waals surface area contributed by atoms with E-state index in [1.54, 1.807) is 36.1 Å². The lowest BCUT2D eigenvalue weighted by Gasteiger charge is -2.41. The van der Waals surface area contributed by atoms with Gasteiger partial charge in [0.1, 0.15) is 22.6 Å². The lowest BCUT2D eigenvalue weighted by Crippen LogP contribution is -2.51. The molecule has 0 N–H and O–H groups in total. The van der Waals surface area contributed by atoms with Crippen LogP contribution in [0.5, 0.6) is 5.75 Å². The molecule has 1 atom stereocenters. The molecule has 262 valence electrons. The Kier molecular flexibility index (Phi) is 10.4. The highest BCUT2D eigenvalue weighted by molar-refractivity contribution is 7.81. The van der Waals surface area contributed by atoms with Crippen LogP contribution in [0, 0.1) is 5.82 Å². The van der Waals surface area contributed by atoms with Gasteiger partial charge >= 0.3 is 12.2 Å². The van der Waals surface area contributed by atoms with Crippen LogP contribution < -0.4 is 14.5 Å². The molecule has 2 spiro atoms. The van der Waals surface area contributed by atoms with Crippen molar-refractivity contribution in [3.8, 4) is 5.75 Å². The summed E-state index contributed by atoms with van der Waals surface area (Å²) in [5.74, 6) is -0.529. The number of amides is 4. The summed E-state index contributed by atoms with van der Waals surface area (Å²) in [5, 5.41) is 0.0309. The van der Waals surface area contributed by atoms with Crippen LogP contribution in [0.15, 0.2) is 48.5 Å². The summed E-state index contributed by atoms with van der Waals surface area (Å²) in [6.07, 6.45) is 6.49. The smallest absolute Gasteiger partial charge is 0.423 e. The lowest BCUT2D eigenvalue weighted by atomic mass is 9.80. The van der Waals surface area contributed by atoms with E-state index in [2.05, 4.69) is 0 Å². The molecule has 4 aliphatic rings. The Morgan fingerprint density at radius 1 is 0.816 bits per heavy atom. The molecule has 49 heavy (non-hydrogen) atoms. The van der Waals surface area contributed by atoms with E-state index in [0.717, 1.165) is 54.0 Å². The summed E-state index contributed by atoms with van der Waals surface area (Å²) in [6.45, 7) is 2.08. The minimum atomic E-state index is -0.996. The highest BCUT2D eigenvalue weighted by Crippen LogP contribution is 2.47. The third kappa shape index (κ3) is 6.33. The van der Waals surface area contributed by atoms with Gasteiger partial charge in [-0.2, -0.15) is 4.90 Å². The first-order chi connectivity index (χ1) is 23.6. The molecule has 2 heterocycles. The topological polar surface area (TPSA) is 109 Å². The zero-order valence-electron chi connectivity index (χ0n) is 27.5. The third-order valence-corrected chi connectivity index (χ3v) is 10.8. The Balaban J connectivity index is 1.05. The van der Waals surface area contributed by atoms with Crippen LogP contribution in [0.2, 0.25) is 0 Å². The summed E-state index contributed by atoms with van der Waals surface area (Å²) in [4.78, 5) is 58.9. The number of carbonyl (C=O) groups excluding carboxylic acids is 4. The summed E-state index contributed by atoms with van der Waals surface area (Å²) in [7, 11) is 0. The number of thiol groups is 1. The monoisotopic (exact) mass is 712 g/mol. The summed E-state index contributed by atoms with van der Waals surface area (Å²) < 4.78 is 30.2. The first-order valence-corrected chi connectivity index (χ1v) is 17.9. The molecule has 1 unspecified atom stereocenters. The molecule has 0 bridgehead atoms. The molecule has 2 aromatic carbocycles. The SMILES string of the molecule is CCOC(=O)N1C(=O)C2(CCCCC2)N(c2ccc(OCCCOC(=O)N3C(=O)C4(CCCCC4)N(c4ccc(F)cc4)C3=S)cc2)C1S. The maximum Gasteiger partial charge on any atom is 0.423 e. The second-order valence-electron chi connectivity index (χ2n) is 12.8. The normalized spacial score (nSPS) is 21.5. The highest BCUT2D eigenvalue weighted by atomic mass is 32.1. The van der Waals surface area contributed by atoms with E-state index in [9.17, 15) is 23.6 Å². The van der Waals surface area contributed by atoms with Crippen LogP contribution in [0.1, 0.15) is 77.6 Å². The molecule has 14 heteroatoms. The molecule has 11 nitrogen and oxygen atoms in total. The van der Waals surface area contributed by atoms with Crippen LogP contribution in [0.25, 0.3) is 0 Å². The van der Waals surface area contributed by atoms with Gasteiger partial charge in [-0.15, -0.1) is 12.6 Å². The average molecular weight is 713 g/mol. The second kappa shape index (κ2) is 14.5. The fourth-order valence-corrected chi connectivity index (χ4v) is 8.63. The minimum absolute atomic E-state index is 0.00368. The highest BCUT2D eigenvalue weighted by Gasteiger charge is 2.60. The first-order valence-electron chi connectivity index (χ1n) is 17.0. The quantitative estimate of drug-likeness (QED) is 0.179. The van der Waals surface area contributed by atoms with Crippen molar-refractivity contribution in [1.29, 1.82) is 0 Å². The largest absolute Gasteiger partial charge is 0.493 e. The van der Waals surface area contributed by atoms with Gasteiger partial charge in [0.05, 0.1) is 19.8 Å². The van der Waals surface area contributed by atoms with Gasteiger partial charge in [-0.25, -0.2) is 18.9 Å². The number of imide groups is 2. The number of nitrogens with zero attached hydrogens (tertiary/aromatic N) is 4. The zero-order valence-corrected chi connectivity index (χ0v) is 29.2. The van der Waals surface area contributed by atoms with E-state index in [-0.39, 0.29) is 30.8 Å². The number of anilines is 2. The summed E-state index contributed by atoms with van der Waals surface area (Å²) >= 11 is 10.3. The third-order valence-electron chi connectivity index (χ3n) is 9.94. The van der Waals surface area contributed by atoms with Gasteiger partial charge in [0.2, 0.25) is 0 Å². The van der Waals surface area contributed by atoms with E-state index in [4.69, 9.17) is 39.1 Å². The predicted molar refractivity (Wildman–Crippen MR) is 187 cm³/mol. The molecular weight excluding hydrogens is 672 g/mol. The van der Waals surface area contributed by atoms with Crippen LogP contribution in [0.4, 0.5) is 25.4 Å². The maximum atomic E-state index is 13.7. The molecule has 4 amide bonds. The molecule has 6 rings (SSSR count). The number of thiocarbonyl (C=S) groups is 1. The predicted octanol–water partition coefficient (Wildman–Crippen LogP) is 6.79. The van der Waals surface area contributed by atoms with Crippen LogP contribution in [-0.2, 0) is 19.1 Å². The van der Waals surface area contributed by atoms with Crippen molar-refractivity contribution in [2.75, 3.05) is 29.6 Å². The minimum Gasteiger partial charge on any atom is -0.493 e. The lowest BCUT2D eigenvalue weighted by molar-refractivity contribution is -0.132. The van der Waals surface area contributed by atoms with Crippen molar-refractivity contribution in [3.05, 3.63) is 54.3 Å². The van der Waals surface area contributed by atoms with E-state index < -0.39 is 40.5 Å². The number of hydrogen-bond donors (Lipinski definition) is 1. The Morgan fingerprint density at radius 3 is 2.02 bits per heavy atom. The number of rotatable bonds is 8. The summed E-state index contributed by atoms with van der Waals surface area (Å²) in [5.41, 5.74) is -1.38. The molecule has 2 aromatic rings. The van der Waals surface area contributed by atoms with Gasteiger partial charge in [-0.05, 0) is 93.4 Å². The Morgan fingerprint density at radius 2 is 1.41 bits per heavy atom. The van der Waals surface area contributed by atoms with Gasteiger partial charge < -0.3 is 24.0 Å². The van der Waals surface area contributed by atoms with Crippen molar-refractivity contribution >= 4 is 65.3 Å². The number of hydrogen-bond acceptors (Lipinski definition) is 10. The van der Waals surface area contributed by atoms with Gasteiger partial charge in [0.15, 0.2) is 10.6 Å². The number of ether oxygens (including phenoxy) is 3. The van der Waals surface area contributed by atoms with Crippen LogP contribution in [-0.4, -0.2) is 75.3 Å². The van der Waals surface area contributed by atoms with Crippen molar-refractivity contribution in [3.63, 3.8) is 0 Å². The van der Waals surface area contributed by atoms with E-state index in [1.807, 2.05) is 17.0 Å². The Labute approximate surface area is 296 Å². The van der Waals surface area contributed by atoms with Crippen molar-refractivity contribution in [2.24, 2.45) is 0 Å². The van der Waals surface area contributed by atoms with E-state index in [0.29, 0.717) is 43.5 Å². The van der Waals surface area contributed by atoms with Crippen LogP contribution in [0.3, 0.4) is 0 Å². The number of carbonyl (C=O) groups is 4. The Hall–Kier alpha value is -3.91. The zero-order chi connectivity index (χ0) is 34.8. The summed E-state index contributed by atoms with van der Waals surface area (Å²) in [6, 6.07) is 13.0. The maximum absolute atomic E-state index is 13.7. The van der Waals surface area contributed by atoms with Crippen molar-refractivity contribution in [1.82, 2.24) is 9.80 Å². The molecule has 0 aromatic heterocycles.